The van der Waals surface area contributed by atoms with E-state index in [1.54, 1.807) is 24.3 Å². The number of ether oxygens (including phenoxy) is 2. The van der Waals surface area contributed by atoms with Gasteiger partial charge in [0.1, 0.15) is 5.75 Å². The lowest BCUT2D eigenvalue weighted by Gasteiger charge is -2.22. The van der Waals surface area contributed by atoms with Gasteiger partial charge in [0.15, 0.2) is 5.41 Å². The predicted molar refractivity (Wildman–Crippen MR) is 64.5 cm³/mol. The number of benzene rings is 1. The fourth-order valence-corrected chi connectivity index (χ4v) is 1.69. The summed E-state index contributed by atoms with van der Waals surface area (Å²) in [5, 5.41) is 9.22. The Kier molecular flexibility index (Phi) is 4.31. The molecule has 1 rings (SSSR count). The van der Waals surface area contributed by atoms with Crippen LogP contribution in [-0.4, -0.2) is 31.3 Å². The van der Waals surface area contributed by atoms with Crippen molar-refractivity contribution in [3.8, 4) is 5.75 Å². The average molecular weight is 252 g/mol. The summed E-state index contributed by atoms with van der Waals surface area (Å²) in [6.07, 6.45) is 0.0129. The van der Waals surface area contributed by atoms with Gasteiger partial charge in [-0.2, -0.15) is 0 Å². The minimum Gasteiger partial charge on any atom is -0.496 e. The molecule has 5 nitrogen and oxygen atoms in total. The lowest BCUT2D eigenvalue weighted by molar-refractivity contribution is -0.165. The van der Waals surface area contributed by atoms with E-state index in [-0.39, 0.29) is 6.42 Å². The molecule has 0 bridgehead atoms. The maximum Gasteiger partial charge on any atom is 0.323 e. The molecule has 0 aliphatic heterocycles. The van der Waals surface area contributed by atoms with Crippen LogP contribution in [0.1, 0.15) is 12.5 Å². The summed E-state index contributed by atoms with van der Waals surface area (Å²) in [5.74, 6) is -1.45. The first-order valence-corrected chi connectivity index (χ1v) is 5.39. The number of carbonyl (C=O) groups is 2. The molecule has 0 saturated heterocycles. The fraction of sp³-hybridized carbons (Fsp3) is 0.385. The summed E-state index contributed by atoms with van der Waals surface area (Å²) in [5.41, 5.74) is -0.973. The molecule has 0 radical (unpaired) electrons. The highest BCUT2D eigenvalue weighted by Gasteiger charge is 2.43. The Labute approximate surface area is 105 Å². The molecule has 98 valence electrons. The standard InChI is InChI=1S/C13H16O5/c1-13(11(14)15,12(16)18-3)8-9-6-4-5-7-10(9)17-2/h4-7H,8H2,1-3H3,(H,14,15). The van der Waals surface area contributed by atoms with E-state index in [0.717, 1.165) is 0 Å². The molecule has 5 heteroatoms. The molecule has 0 aliphatic carbocycles. The van der Waals surface area contributed by atoms with Gasteiger partial charge in [0.2, 0.25) is 0 Å². The molecule has 0 heterocycles. The summed E-state index contributed by atoms with van der Waals surface area (Å²) in [6, 6.07) is 6.98. The summed E-state index contributed by atoms with van der Waals surface area (Å²) in [6.45, 7) is 1.34. The number of hydrogen-bond acceptors (Lipinski definition) is 4. The first-order chi connectivity index (χ1) is 8.45. The molecule has 0 saturated carbocycles. The number of carboxylic acid groups (broad SMARTS) is 1. The third kappa shape index (κ3) is 2.61. The zero-order valence-electron chi connectivity index (χ0n) is 10.6. The van der Waals surface area contributed by atoms with E-state index in [9.17, 15) is 14.7 Å². The van der Waals surface area contributed by atoms with E-state index in [4.69, 9.17) is 4.74 Å². The van der Waals surface area contributed by atoms with E-state index < -0.39 is 17.4 Å². The second-order valence-electron chi connectivity index (χ2n) is 4.12. The fourth-order valence-electron chi connectivity index (χ4n) is 1.69. The number of rotatable bonds is 5. The quantitative estimate of drug-likeness (QED) is 0.635. The van der Waals surface area contributed by atoms with Crippen molar-refractivity contribution in [1.82, 2.24) is 0 Å². The number of methoxy groups -OCH3 is 2. The van der Waals surface area contributed by atoms with Crippen LogP contribution in [-0.2, 0) is 20.7 Å². The topological polar surface area (TPSA) is 72.8 Å². The second-order valence-corrected chi connectivity index (χ2v) is 4.12. The maximum absolute atomic E-state index is 11.6. The van der Waals surface area contributed by atoms with Crippen molar-refractivity contribution in [3.05, 3.63) is 29.8 Å². The highest BCUT2D eigenvalue weighted by molar-refractivity contribution is 5.99. The Hall–Kier alpha value is -2.04. The molecule has 0 fully saturated rings. The minimum absolute atomic E-state index is 0.0129. The first-order valence-electron chi connectivity index (χ1n) is 5.39. The van der Waals surface area contributed by atoms with Crippen molar-refractivity contribution >= 4 is 11.9 Å². The molecule has 1 atom stereocenters. The highest BCUT2D eigenvalue weighted by Crippen LogP contribution is 2.29. The van der Waals surface area contributed by atoms with Crippen molar-refractivity contribution in [1.29, 1.82) is 0 Å². The molecule has 1 N–H and O–H groups in total. The van der Waals surface area contributed by atoms with Crippen molar-refractivity contribution in [2.45, 2.75) is 13.3 Å². The average Bonchev–Trinajstić information content (AvgIpc) is 2.37. The van der Waals surface area contributed by atoms with Crippen LogP contribution in [0.3, 0.4) is 0 Å². The Morgan fingerprint density at radius 1 is 1.28 bits per heavy atom. The highest BCUT2D eigenvalue weighted by atomic mass is 16.5. The van der Waals surface area contributed by atoms with Gasteiger partial charge in [-0.3, -0.25) is 9.59 Å². The number of hydrogen-bond donors (Lipinski definition) is 1. The van der Waals surface area contributed by atoms with Gasteiger partial charge in [-0.15, -0.1) is 0 Å². The van der Waals surface area contributed by atoms with Crippen LogP contribution in [0.15, 0.2) is 24.3 Å². The van der Waals surface area contributed by atoms with E-state index in [1.165, 1.54) is 21.1 Å². The number of esters is 1. The van der Waals surface area contributed by atoms with Crippen LogP contribution >= 0.6 is 0 Å². The molecular weight excluding hydrogens is 236 g/mol. The lowest BCUT2D eigenvalue weighted by Crippen LogP contribution is -2.39. The number of carbonyl (C=O) groups excluding carboxylic acids is 1. The zero-order valence-corrected chi connectivity index (χ0v) is 10.6. The van der Waals surface area contributed by atoms with Gasteiger partial charge in [0.05, 0.1) is 14.2 Å². The Morgan fingerprint density at radius 2 is 1.89 bits per heavy atom. The predicted octanol–water partition coefficient (Wildman–Crippen LogP) is 1.50. The van der Waals surface area contributed by atoms with E-state index in [2.05, 4.69) is 4.74 Å². The summed E-state index contributed by atoms with van der Waals surface area (Å²) in [7, 11) is 2.67. The Morgan fingerprint density at radius 3 is 2.39 bits per heavy atom. The molecule has 0 aromatic heterocycles. The molecule has 18 heavy (non-hydrogen) atoms. The van der Waals surface area contributed by atoms with Crippen molar-refractivity contribution in [2.75, 3.05) is 14.2 Å². The SMILES string of the molecule is COC(=O)C(C)(Cc1ccccc1OC)C(=O)O. The van der Waals surface area contributed by atoms with Crippen LogP contribution in [0.25, 0.3) is 0 Å². The van der Waals surface area contributed by atoms with Gasteiger partial charge in [-0.1, -0.05) is 18.2 Å². The van der Waals surface area contributed by atoms with E-state index in [1.807, 2.05) is 0 Å². The monoisotopic (exact) mass is 252 g/mol. The van der Waals surface area contributed by atoms with Gasteiger partial charge in [0, 0.05) is 6.42 Å². The zero-order chi connectivity index (χ0) is 13.8. The largest absolute Gasteiger partial charge is 0.496 e. The molecule has 1 aromatic carbocycles. The second kappa shape index (κ2) is 5.53. The third-order valence-corrected chi connectivity index (χ3v) is 2.84. The first kappa shape index (κ1) is 14.0. The van der Waals surface area contributed by atoms with Crippen LogP contribution < -0.4 is 4.74 Å². The number of aliphatic carboxylic acids is 1. The van der Waals surface area contributed by atoms with Gasteiger partial charge < -0.3 is 14.6 Å². The van der Waals surface area contributed by atoms with E-state index >= 15 is 0 Å². The Bertz CT molecular complexity index is 454. The van der Waals surface area contributed by atoms with E-state index in [0.29, 0.717) is 11.3 Å². The molecular formula is C13H16O5. The van der Waals surface area contributed by atoms with Crippen molar-refractivity contribution < 1.29 is 24.2 Å². The minimum atomic E-state index is -1.62. The summed E-state index contributed by atoms with van der Waals surface area (Å²) < 4.78 is 9.70. The molecule has 1 unspecified atom stereocenters. The van der Waals surface area contributed by atoms with Crippen LogP contribution in [0.2, 0.25) is 0 Å². The van der Waals surface area contributed by atoms with Crippen LogP contribution in [0.5, 0.6) is 5.75 Å². The molecule has 1 aromatic rings. The van der Waals surface area contributed by atoms with Crippen LogP contribution in [0.4, 0.5) is 0 Å². The molecule has 0 spiro atoms. The third-order valence-electron chi connectivity index (χ3n) is 2.84. The summed E-state index contributed by atoms with van der Waals surface area (Å²) in [4.78, 5) is 22.9. The molecule has 0 amide bonds. The van der Waals surface area contributed by atoms with Gasteiger partial charge in [-0.25, -0.2) is 0 Å². The maximum atomic E-state index is 11.6. The van der Waals surface area contributed by atoms with Crippen molar-refractivity contribution in [3.63, 3.8) is 0 Å². The smallest absolute Gasteiger partial charge is 0.323 e. The Balaban J connectivity index is 3.12. The normalized spacial score (nSPS) is 13.5. The van der Waals surface area contributed by atoms with Crippen LogP contribution in [0, 0.1) is 5.41 Å². The number of carboxylic acids is 1. The van der Waals surface area contributed by atoms with Gasteiger partial charge in [-0.05, 0) is 18.6 Å². The van der Waals surface area contributed by atoms with Gasteiger partial charge in [0.25, 0.3) is 0 Å². The summed E-state index contributed by atoms with van der Waals surface area (Å²) >= 11 is 0. The van der Waals surface area contributed by atoms with Gasteiger partial charge >= 0.3 is 11.9 Å². The van der Waals surface area contributed by atoms with Crippen molar-refractivity contribution in [2.24, 2.45) is 5.41 Å². The lowest BCUT2D eigenvalue weighted by atomic mass is 9.83. The number of para-hydroxylation sites is 1. The molecule has 0 aliphatic rings.